The van der Waals surface area contributed by atoms with Crippen LogP contribution in [0.1, 0.15) is 29.3 Å². The van der Waals surface area contributed by atoms with Crippen LogP contribution in [0, 0.1) is 6.92 Å². The molecule has 86 valence electrons. The number of carbonyl (C=O) groups excluding carboxylic acids is 2. The lowest BCUT2D eigenvalue weighted by Crippen LogP contribution is -2.12. The molecular weight excluding hydrogens is 272 g/mol. The van der Waals surface area contributed by atoms with E-state index >= 15 is 0 Å². The Morgan fingerprint density at radius 3 is 2.69 bits per heavy atom. The van der Waals surface area contributed by atoms with E-state index in [4.69, 9.17) is 4.74 Å². The van der Waals surface area contributed by atoms with Crippen LogP contribution in [0.3, 0.4) is 0 Å². The minimum absolute atomic E-state index is 0.203. The van der Waals surface area contributed by atoms with E-state index in [1.807, 2.05) is 13.0 Å². The second kappa shape index (κ2) is 5.80. The maximum atomic E-state index is 11.8. The van der Waals surface area contributed by atoms with Gasteiger partial charge in [-0.1, -0.05) is 28.1 Å². The number of halogens is 1. The van der Waals surface area contributed by atoms with Gasteiger partial charge in [-0.2, -0.15) is 0 Å². The molecule has 0 aliphatic carbocycles. The van der Waals surface area contributed by atoms with Crippen molar-refractivity contribution < 1.29 is 14.3 Å². The van der Waals surface area contributed by atoms with E-state index in [1.54, 1.807) is 19.1 Å². The Labute approximate surface area is 103 Å². The van der Waals surface area contributed by atoms with E-state index in [0.717, 1.165) is 10.0 Å². The largest absolute Gasteiger partial charge is 0.466 e. The molecule has 1 aromatic rings. The van der Waals surface area contributed by atoms with Gasteiger partial charge in [-0.05, 0) is 25.5 Å². The molecule has 0 aliphatic rings. The summed E-state index contributed by atoms with van der Waals surface area (Å²) >= 11 is 3.34. The van der Waals surface area contributed by atoms with Crippen molar-refractivity contribution in [2.75, 3.05) is 6.61 Å². The monoisotopic (exact) mass is 284 g/mol. The molecule has 1 rings (SSSR count). The SMILES string of the molecule is CCOC(=O)CC(=O)c1cccc(Br)c1C. The van der Waals surface area contributed by atoms with Crippen molar-refractivity contribution in [3.8, 4) is 0 Å². The first-order chi connectivity index (χ1) is 7.56. The number of hydrogen-bond acceptors (Lipinski definition) is 3. The summed E-state index contributed by atoms with van der Waals surface area (Å²) in [6, 6.07) is 5.34. The van der Waals surface area contributed by atoms with Gasteiger partial charge in [-0.15, -0.1) is 0 Å². The lowest BCUT2D eigenvalue weighted by Gasteiger charge is -2.06. The molecule has 0 amide bonds. The zero-order chi connectivity index (χ0) is 12.1. The molecule has 16 heavy (non-hydrogen) atoms. The number of hydrogen-bond donors (Lipinski definition) is 0. The zero-order valence-electron chi connectivity index (χ0n) is 9.25. The number of ether oxygens (including phenoxy) is 1. The Kier molecular flexibility index (Phi) is 4.68. The van der Waals surface area contributed by atoms with E-state index in [9.17, 15) is 9.59 Å². The molecule has 0 N–H and O–H groups in total. The average molecular weight is 285 g/mol. The number of benzene rings is 1. The number of rotatable bonds is 4. The number of carbonyl (C=O) groups is 2. The molecule has 0 saturated heterocycles. The average Bonchev–Trinajstić information content (AvgIpc) is 2.22. The fraction of sp³-hybridized carbons (Fsp3) is 0.333. The summed E-state index contributed by atoms with van der Waals surface area (Å²) in [5.74, 6) is -0.691. The first kappa shape index (κ1) is 12.9. The lowest BCUT2D eigenvalue weighted by atomic mass is 10.0. The molecule has 0 atom stereocenters. The van der Waals surface area contributed by atoms with Crippen LogP contribution in [-0.2, 0) is 9.53 Å². The molecule has 0 bridgehead atoms. The van der Waals surface area contributed by atoms with Gasteiger partial charge >= 0.3 is 5.97 Å². The van der Waals surface area contributed by atoms with Gasteiger partial charge in [0, 0.05) is 10.0 Å². The van der Waals surface area contributed by atoms with Crippen LogP contribution >= 0.6 is 15.9 Å². The minimum atomic E-state index is -0.480. The first-order valence-electron chi connectivity index (χ1n) is 5.00. The highest BCUT2D eigenvalue weighted by atomic mass is 79.9. The van der Waals surface area contributed by atoms with Crippen LogP contribution in [0.2, 0.25) is 0 Å². The fourth-order valence-corrected chi connectivity index (χ4v) is 1.71. The topological polar surface area (TPSA) is 43.4 Å². The van der Waals surface area contributed by atoms with Gasteiger partial charge in [0.15, 0.2) is 5.78 Å². The van der Waals surface area contributed by atoms with Crippen LogP contribution in [0.25, 0.3) is 0 Å². The Hall–Kier alpha value is -1.16. The zero-order valence-corrected chi connectivity index (χ0v) is 10.8. The van der Waals surface area contributed by atoms with E-state index in [1.165, 1.54) is 0 Å². The predicted molar refractivity (Wildman–Crippen MR) is 64.5 cm³/mol. The maximum absolute atomic E-state index is 11.8. The molecule has 0 aromatic heterocycles. The fourth-order valence-electron chi connectivity index (χ4n) is 1.35. The second-order valence-corrected chi connectivity index (χ2v) is 4.17. The summed E-state index contributed by atoms with van der Waals surface area (Å²) in [5.41, 5.74) is 1.40. The molecular formula is C12H13BrO3. The molecule has 0 unspecified atom stereocenters. The van der Waals surface area contributed by atoms with Crippen LogP contribution in [0.15, 0.2) is 22.7 Å². The standard InChI is InChI=1S/C12H13BrO3/c1-3-16-12(15)7-11(14)9-5-4-6-10(13)8(9)2/h4-6H,3,7H2,1-2H3. The normalized spacial score (nSPS) is 9.94. The Bertz CT molecular complexity index is 413. The van der Waals surface area contributed by atoms with Crippen LogP contribution in [0.5, 0.6) is 0 Å². The highest BCUT2D eigenvalue weighted by molar-refractivity contribution is 9.10. The molecule has 0 spiro atoms. The van der Waals surface area contributed by atoms with Crippen LogP contribution < -0.4 is 0 Å². The van der Waals surface area contributed by atoms with Gasteiger partial charge in [0.25, 0.3) is 0 Å². The number of ketones is 1. The molecule has 0 aliphatic heterocycles. The number of esters is 1. The van der Waals surface area contributed by atoms with E-state index in [2.05, 4.69) is 15.9 Å². The Balaban J connectivity index is 2.81. The number of Topliss-reactive ketones (excluding diaryl/α,β-unsaturated/α-hetero) is 1. The smallest absolute Gasteiger partial charge is 0.313 e. The van der Waals surface area contributed by atoms with Crippen LogP contribution in [0.4, 0.5) is 0 Å². The summed E-state index contributed by atoms with van der Waals surface area (Å²) in [7, 11) is 0. The summed E-state index contributed by atoms with van der Waals surface area (Å²) in [5, 5.41) is 0. The Morgan fingerprint density at radius 2 is 2.06 bits per heavy atom. The lowest BCUT2D eigenvalue weighted by molar-refractivity contribution is -0.141. The summed E-state index contributed by atoms with van der Waals surface area (Å²) < 4.78 is 5.60. The Morgan fingerprint density at radius 1 is 1.38 bits per heavy atom. The van der Waals surface area contributed by atoms with Crippen LogP contribution in [-0.4, -0.2) is 18.4 Å². The molecule has 1 aromatic carbocycles. The quantitative estimate of drug-likeness (QED) is 0.485. The van der Waals surface area contributed by atoms with Crippen molar-refractivity contribution in [1.82, 2.24) is 0 Å². The van der Waals surface area contributed by atoms with Gasteiger partial charge < -0.3 is 4.74 Å². The van der Waals surface area contributed by atoms with E-state index < -0.39 is 5.97 Å². The molecule has 3 nitrogen and oxygen atoms in total. The highest BCUT2D eigenvalue weighted by Gasteiger charge is 2.15. The minimum Gasteiger partial charge on any atom is -0.466 e. The third-order valence-corrected chi connectivity index (χ3v) is 3.04. The summed E-state index contributed by atoms with van der Waals surface area (Å²) in [4.78, 5) is 22.9. The van der Waals surface area contributed by atoms with E-state index in [-0.39, 0.29) is 12.2 Å². The van der Waals surface area contributed by atoms with E-state index in [0.29, 0.717) is 12.2 Å². The molecule has 0 fully saturated rings. The molecule has 0 radical (unpaired) electrons. The van der Waals surface area contributed by atoms with Crippen molar-refractivity contribution in [3.63, 3.8) is 0 Å². The summed E-state index contributed by atoms with van der Waals surface area (Å²) in [6.45, 7) is 3.85. The van der Waals surface area contributed by atoms with Gasteiger partial charge in [0.05, 0.1) is 6.61 Å². The third kappa shape index (κ3) is 3.17. The second-order valence-electron chi connectivity index (χ2n) is 3.32. The first-order valence-corrected chi connectivity index (χ1v) is 5.79. The maximum Gasteiger partial charge on any atom is 0.313 e. The van der Waals surface area contributed by atoms with Crippen molar-refractivity contribution >= 4 is 27.7 Å². The molecule has 0 saturated carbocycles. The van der Waals surface area contributed by atoms with Crippen molar-refractivity contribution in [2.24, 2.45) is 0 Å². The van der Waals surface area contributed by atoms with Crippen molar-refractivity contribution in [3.05, 3.63) is 33.8 Å². The highest BCUT2D eigenvalue weighted by Crippen LogP contribution is 2.20. The predicted octanol–water partition coefficient (Wildman–Crippen LogP) is 2.89. The third-order valence-electron chi connectivity index (χ3n) is 2.18. The van der Waals surface area contributed by atoms with Crippen molar-refractivity contribution in [2.45, 2.75) is 20.3 Å². The van der Waals surface area contributed by atoms with Gasteiger partial charge in [-0.3, -0.25) is 9.59 Å². The summed E-state index contributed by atoms with van der Waals surface area (Å²) in [6.07, 6.45) is -0.203. The molecule has 0 heterocycles. The molecule has 4 heteroatoms. The van der Waals surface area contributed by atoms with Gasteiger partial charge in [-0.25, -0.2) is 0 Å². The van der Waals surface area contributed by atoms with Gasteiger partial charge in [0.2, 0.25) is 0 Å². The van der Waals surface area contributed by atoms with Gasteiger partial charge in [0.1, 0.15) is 6.42 Å². The van der Waals surface area contributed by atoms with Crippen molar-refractivity contribution in [1.29, 1.82) is 0 Å².